The van der Waals surface area contributed by atoms with Crippen LogP contribution in [0, 0.1) is 29.1 Å². The van der Waals surface area contributed by atoms with Crippen LogP contribution >= 0.6 is 0 Å². The lowest BCUT2D eigenvalue weighted by atomic mass is 10.2. The summed E-state index contributed by atoms with van der Waals surface area (Å²) in [5, 5.41) is 10.8. The highest BCUT2D eigenvalue weighted by Crippen LogP contribution is 2.30. The first-order valence-corrected chi connectivity index (χ1v) is 6.49. The fraction of sp³-hybridized carbons (Fsp3) is 0. The number of aromatic nitrogens is 1. The van der Waals surface area contributed by atoms with Crippen molar-refractivity contribution in [3.8, 4) is 11.6 Å². The quantitative estimate of drug-likeness (QED) is 0.331. The Bertz CT molecular complexity index is 888. The Morgan fingerprint density at radius 2 is 1.42 bits per heavy atom. The van der Waals surface area contributed by atoms with E-state index in [2.05, 4.69) is 9.64 Å². The largest absolute Gasteiger partial charge is 0.786 e. The Morgan fingerprint density at radius 3 is 2.08 bits per heavy atom. The molecule has 0 unspecified atom stereocenters. The zero-order valence-electron chi connectivity index (χ0n) is 11.6. The van der Waals surface area contributed by atoms with E-state index in [0.717, 1.165) is 0 Å². The molecule has 0 fully saturated rings. The number of halogens is 5. The number of hydrogen-bond acceptors (Lipinski definition) is 3. The third-order valence-corrected chi connectivity index (χ3v) is 3.17. The van der Waals surface area contributed by atoms with Crippen LogP contribution < -0.4 is 9.31 Å². The number of rotatable bonds is 4. The number of H-pyrrole nitrogens is 1. The molecule has 0 amide bonds. The Labute approximate surface area is 131 Å². The molecule has 1 aromatic heterocycles. The molecule has 0 bridgehead atoms. The van der Waals surface area contributed by atoms with E-state index < -0.39 is 42.2 Å². The molecule has 0 saturated heterocycles. The molecule has 0 saturated carbocycles. The van der Waals surface area contributed by atoms with Crippen molar-refractivity contribution in [2.24, 2.45) is 0 Å². The predicted molar refractivity (Wildman–Crippen MR) is 73.8 cm³/mol. The van der Waals surface area contributed by atoms with Gasteiger partial charge in [0.05, 0.1) is 0 Å². The van der Waals surface area contributed by atoms with Gasteiger partial charge in [0.2, 0.25) is 29.1 Å². The van der Waals surface area contributed by atoms with Gasteiger partial charge in [0.25, 0.3) is 0 Å². The fourth-order valence-electron chi connectivity index (χ4n) is 2.06. The number of hydrogen-bond donors (Lipinski definition) is 2. The molecule has 3 rings (SSSR count). The minimum atomic E-state index is -2.33. The molecular formula is C14H7BF5NO3. The van der Waals surface area contributed by atoms with Crippen molar-refractivity contribution < 1.29 is 36.3 Å². The maximum Gasteiger partial charge on any atom is 0.786 e. The summed E-state index contributed by atoms with van der Waals surface area (Å²) in [6, 6.07) is 6.74. The van der Waals surface area contributed by atoms with E-state index in [4.69, 9.17) is 4.65 Å². The van der Waals surface area contributed by atoms with Crippen LogP contribution in [-0.4, -0.2) is 17.3 Å². The lowest BCUT2D eigenvalue weighted by Gasteiger charge is -2.12. The minimum absolute atomic E-state index is 0.0121. The van der Waals surface area contributed by atoms with Crippen LogP contribution in [0.25, 0.3) is 10.8 Å². The van der Waals surface area contributed by atoms with E-state index in [1.165, 1.54) is 6.20 Å². The summed E-state index contributed by atoms with van der Waals surface area (Å²) in [4.78, 5) is 2.63. The van der Waals surface area contributed by atoms with Crippen molar-refractivity contribution in [1.82, 2.24) is 4.98 Å². The highest BCUT2D eigenvalue weighted by Gasteiger charge is 2.32. The molecule has 3 aromatic rings. The van der Waals surface area contributed by atoms with E-state index in [1.54, 1.807) is 24.3 Å². The summed E-state index contributed by atoms with van der Waals surface area (Å²) in [5.74, 6) is -12.8. The number of nitrogens with one attached hydrogen (secondary N) is 1. The van der Waals surface area contributed by atoms with Crippen molar-refractivity contribution in [2.45, 2.75) is 0 Å². The third kappa shape index (κ3) is 2.64. The molecule has 24 heavy (non-hydrogen) atoms. The Morgan fingerprint density at radius 1 is 0.833 bits per heavy atom. The molecule has 2 aromatic carbocycles. The number of aromatic amines is 1. The van der Waals surface area contributed by atoms with E-state index in [9.17, 15) is 27.0 Å². The Hall–Kier alpha value is -2.75. The molecule has 4 nitrogen and oxygen atoms in total. The average Bonchev–Trinajstić information content (AvgIpc) is 2.98. The molecule has 0 atom stereocenters. The van der Waals surface area contributed by atoms with Crippen molar-refractivity contribution in [2.75, 3.05) is 0 Å². The van der Waals surface area contributed by atoms with Gasteiger partial charge in [-0.15, -0.1) is 0 Å². The van der Waals surface area contributed by atoms with Crippen LogP contribution in [0.1, 0.15) is 0 Å². The fourth-order valence-corrected chi connectivity index (χ4v) is 2.06. The van der Waals surface area contributed by atoms with Gasteiger partial charge >= 0.3 is 7.32 Å². The summed E-state index contributed by atoms with van der Waals surface area (Å²) in [6.45, 7) is 0. The first-order chi connectivity index (χ1) is 11.4. The van der Waals surface area contributed by atoms with Gasteiger partial charge in [-0.05, 0) is 6.07 Å². The summed E-state index contributed by atoms with van der Waals surface area (Å²) >= 11 is 0. The maximum atomic E-state index is 13.5. The van der Waals surface area contributed by atoms with E-state index >= 15 is 0 Å². The maximum absolute atomic E-state index is 13.5. The third-order valence-electron chi connectivity index (χ3n) is 3.17. The van der Waals surface area contributed by atoms with Crippen molar-refractivity contribution in [3.63, 3.8) is 0 Å². The normalized spacial score (nSPS) is 10.9. The SMILES string of the molecule is OB(Oc1c(F)c(F)c(F)c(F)c1F)Oc1[nH]cc2ccccc12. The lowest BCUT2D eigenvalue weighted by molar-refractivity contribution is 0.269. The first kappa shape index (κ1) is 16.1. The van der Waals surface area contributed by atoms with Gasteiger partial charge in [-0.1, -0.05) is 18.2 Å². The van der Waals surface area contributed by atoms with Gasteiger partial charge in [0.1, 0.15) is 0 Å². The second-order valence-electron chi connectivity index (χ2n) is 4.65. The van der Waals surface area contributed by atoms with Crippen LogP contribution in [0.2, 0.25) is 0 Å². The summed E-state index contributed by atoms with van der Waals surface area (Å²) in [7, 11) is -2.32. The molecule has 2 N–H and O–H groups in total. The number of benzene rings is 2. The van der Waals surface area contributed by atoms with Gasteiger partial charge in [0, 0.05) is 17.0 Å². The average molecular weight is 343 g/mol. The summed E-state index contributed by atoms with van der Waals surface area (Å²) in [6.07, 6.45) is 1.52. The van der Waals surface area contributed by atoms with Crippen LogP contribution in [0.3, 0.4) is 0 Å². The second-order valence-corrected chi connectivity index (χ2v) is 4.65. The van der Waals surface area contributed by atoms with Crippen molar-refractivity contribution >= 4 is 18.1 Å². The molecule has 1 heterocycles. The monoisotopic (exact) mass is 343 g/mol. The van der Waals surface area contributed by atoms with E-state index in [0.29, 0.717) is 10.8 Å². The summed E-state index contributed by atoms with van der Waals surface area (Å²) in [5.41, 5.74) is 0. The highest BCUT2D eigenvalue weighted by molar-refractivity contribution is 6.37. The van der Waals surface area contributed by atoms with Crippen LogP contribution in [0.4, 0.5) is 22.0 Å². The molecule has 124 valence electrons. The first-order valence-electron chi connectivity index (χ1n) is 6.49. The van der Waals surface area contributed by atoms with Gasteiger partial charge in [0.15, 0.2) is 11.6 Å². The second kappa shape index (κ2) is 6.04. The molecule has 0 aliphatic heterocycles. The van der Waals surface area contributed by atoms with Gasteiger partial charge < -0.3 is 19.3 Å². The highest BCUT2D eigenvalue weighted by atomic mass is 19.2. The molecular weight excluding hydrogens is 336 g/mol. The predicted octanol–water partition coefficient (Wildman–Crippen LogP) is 3.30. The van der Waals surface area contributed by atoms with E-state index in [-0.39, 0.29) is 5.88 Å². The molecule has 10 heteroatoms. The number of fused-ring (bicyclic) bond motifs is 1. The zero-order chi connectivity index (χ0) is 17.4. The van der Waals surface area contributed by atoms with Crippen LogP contribution in [0.15, 0.2) is 30.5 Å². The lowest BCUT2D eigenvalue weighted by Crippen LogP contribution is -2.31. The van der Waals surface area contributed by atoms with E-state index in [1.807, 2.05) is 0 Å². The topological polar surface area (TPSA) is 54.5 Å². The standard InChI is InChI=1S/C14H7BF5NO3/c16-8-9(17)11(19)13(12(20)10(8)18)23-15(22)24-14-7-4-2-1-3-6(7)5-21-14/h1-5,21-22H. The smallest absolute Gasteiger partial charge is 0.496 e. The molecule has 0 aliphatic rings. The van der Waals surface area contributed by atoms with Gasteiger partial charge in [-0.3, -0.25) is 0 Å². The van der Waals surface area contributed by atoms with Gasteiger partial charge in [-0.2, -0.15) is 8.78 Å². The molecule has 0 radical (unpaired) electrons. The van der Waals surface area contributed by atoms with Crippen LogP contribution in [-0.2, 0) is 0 Å². The zero-order valence-corrected chi connectivity index (χ0v) is 11.6. The van der Waals surface area contributed by atoms with Crippen molar-refractivity contribution in [1.29, 1.82) is 0 Å². The minimum Gasteiger partial charge on any atom is -0.496 e. The Kier molecular flexibility index (Phi) is 4.06. The Balaban J connectivity index is 1.87. The van der Waals surface area contributed by atoms with Gasteiger partial charge in [-0.25, -0.2) is 13.2 Å². The van der Waals surface area contributed by atoms with Crippen LogP contribution in [0.5, 0.6) is 11.6 Å². The summed E-state index contributed by atoms with van der Waals surface area (Å²) < 4.78 is 75.2. The molecule has 0 aliphatic carbocycles. The molecule has 0 spiro atoms. The van der Waals surface area contributed by atoms with Crippen molar-refractivity contribution in [3.05, 3.63) is 59.5 Å².